The molecule has 10 rings (SSSR count). The second-order valence-corrected chi connectivity index (χ2v) is 20.2. The van der Waals surface area contributed by atoms with Gasteiger partial charge in [-0.3, -0.25) is 23.7 Å². The highest BCUT2D eigenvalue weighted by Gasteiger charge is 2.62. The molecule has 20 heteroatoms. The van der Waals surface area contributed by atoms with Crippen LogP contribution in [0.4, 0.5) is 4.39 Å². The zero-order valence-electron chi connectivity index (χ0n) is 36.6. The molecular weight excluding hydrogens is 988 g/mol. The van der Waals surface area contributed by atoms with Crippen molar-refractivity contribution in [2.24, 2.45) is 4.99 Å². The summed E-state index contributed by atoms with van der Waals surface area (Å²) in [5, 5.41) is 0.211. The highest BCUT2D eigenvalue weighted by molar-refractivity contribution is 7.92. The number of fused-ring (bicyclic) bond motifs is 5. The summed E-state index contributed by atoms with van der Waals surface area (Å²) in [6.07, 6.45) is 0.693. The van der Waals surface area contributed by atoms with Gasteiger partial charge in [0.25, 0.3) is 11.5 Å². The van der Waals surface area contributed by atoms with Crippen LogP contribution in [0.5, 0.6) is 28.7 Å². The monoisotopic (exact) mass is 1030 g/mol. The number of carbonyl (C=O) groups is 1. The minimum atomic E-state index is -1.39. The van der Waals surface area contributed by atoms with Gasteiger partial charge in [0, 0.05) is 40.7 Å². The number of halogens is 1. The number of methoxy groups -OCH3 is 2. The molecule has 68 heavy (non-hydrogen) atoms. The van der Waals surface area contributed by atoms with Crippen LogP contribution in [0, 0.1) is 5.82 Å². The van der Waals surface area contributed by atoms with E-state index >= 15 is 0 Å². The third-order valence-electron chi connectivity index (χ3n) is 12.8. The molecule has 0 bridgehead atoms. The molecule has 4 aliphatic heterocycles. The lowest BCUT2D eigenvalue weighted by atomic mass is 9.79. The summed E-state index contributed by atoms with van der Waals surface area (Å²) >= 11 is 25.7. The van der Waals surface area contributed by atoms with Gasteiger partial charge in [-0.1, -0.05) is 18.2 Å². The van der Waals surface area contributed by atoms with Gasteiger partial charge in [0.1, 0.15) is 9.45 Å². The number of amides is 1. The Balaban J connectivity index is 0.944. The van der Waals surface area contributed by atoms with Crippen molar-refractivity contribution >= 4 is 96.3 Å². The number of rotatable bonds is 10. The number of likely N-dealkylation sites (tertiary alicyclic amines) is 1. The largest absolute Gasteiger partial charge is 0.494 e. The van der Waals surface area contributed by atoms with Crippen LogP contribution in [0.3, 0.4) is 0 Å². The summed E-state index contributed by atoms with van der Waals surface area (Å²) in [4.78, 5) is 49.8. The Morgan fingerprint density at radius 3 is 2.32 bits per heavy atom. The van der Waals surface area contributed by atoms with Crippen molar-refractivity contribution in [3.05, 3.63) is 143 Å². The quantitative estimate of drug-likeness (QED) is 0.0857. The molecule has 2 aromatic heterocycles. The van der Waals surface area contributed by atoms with E-state index in [2.05, 4.69) is 12.6 Å². The van der Waals surface area contributed by atoms with Gasteiger partial charge in [-0.15, -0.1) is 61.9 Å². The first-order valence-corrected chi connectivity index (χ1v) is 24.6. The maximum absolute atomic E-state index is 14.9. The first-order chi connectivity index (χ1) is 32.7. The van der Waals surface area contributed by atoms with Crippen LogP contribution in [0.1, 0.15) is 58.4 Å². The molecule has 1 fully saturated rings. The summed E-state index contributed by atoms with van der Waals surface area (Å²) in [6.45, 7) is 2.95. The van der Waals surface area contributed by atoms with Crippen molar-refractivity contribution in [2.75, 3.05) is 40.7 Å². The molecule has 1 saturated heterocycles. The molecule has 352 valence electrons. The third kappa shape index (κ3) is 7.56. The lowest BCUT2D eigenvalue weighted by Crippen LogP contribution is -2.56. The van der Waals surface area contributed by atoms with Crippen LogP contribution in [0.15, 0.2) is 103 Å². The SMILES string of the molecule is CCOc1cc2c(cc1OC)C(c1ccc(C(=O)N3CCC(n4c(=O)c5sc(-c6ccc7c(c6)OCO7)cc5n(Cc5ccc(OC)c(F)c5)c4=O)CC3)cc1)=N[C@]1(S)C(S)=C(S)OC(S)[C@@]21S. The maximum Gasteiger partial charge on any atom is 0.332 e. The highest BCUT2D eigenvalue weighted by Crippen LogP contribution is 2.61. The first kappa shape index (κ1) is 46.6. The smallest absolute Gasteiger partial charge is 0.332 e. The molecule has 1 amide bonds. The Kier molecular flexibility index (Phi) is 12.3. The van der Waals surface area contributed by atoms with Gasteiger partial charge in [-0.2, -0.15) is 12.6 Å². The van der Waals surface area contributed by atoms with Crippen LogP contribution in [-0.2, 0) is 16.0 Å². The number of hydrogen-bond acceptors (Lipinski definition) is 16. The number of benzene rings is 4. The Bertz CT molecular complexity index is 3240. The van der Waals surface area contributed by atoms with E-state index in [1.807, 2.05) is 49.4 Å². The van der Waals surface area contributed by atoms with Crippen molar-refractivity contribution in [1.82, 2.24) is 14.0 Å². The number of hydrogen-bond donors (Lipinski definition) is 5. The van der Waals surface area contributed by atoms with Crippen molar-refractivity contribution in [2.45, 2.75) is 47.4 Å². The standard InChI is InChI=1S/C48H43FN4O9S6/c1-4-59-37-20-30-29(19-35(37)58-3)39(50-48(67)41(63)44(64)62-45(65)47(30,48)66)25-6-8-26(9-7-25)42(54)51-15-13-28(14-16-51)53-43(55)40-32(21-38(68-40)27-10-12-34-36(18-27)61-23-60-34)52(46(53)56)22-24-5-11-33(57-2)31(49)17-24/h5-12,17-21,28,45,63-67H,4,13-16,22-23H2,1-3H3/t45?,47-,48-/m0/s1. The van der Waals surface area contributed by atoms with Crippen LogP contribution in [0.2, 0.25) is 0 Å². The lowest BCUT2D eigenvalue weighted by molar-refractivity contribution is 0.0691. The van der Waals surface area contributed by atoms with E-state index in [0.29, 0.717) is 91.1 Å². The second kappa shape index (κ2) is 18.0. The summed E-state index contributed by atoms with van der Waals surface area (Å²) in [6, 6.07) is 22.1. The van der Waals surface area contributed by atoms with Gasteiger partial charge in [-0.05, 0) is 97.1 Å². The third-order valence-corrected chi connectivity index (χ3v) is 17.5. The minimum Gasteiger partial charge on any atom is -0.494 e. The van der Waals surface area contributed by atoms with Gasteiger partial charge in [0.2, 0.25) is 6.79 Å². The summed E-state index contributed by atoms with van der Waals surface area (Å²) in [7, 11) is 2.94. The van der Waals surface area contributed by atoms with E-state index in [1.54, 1.807) is 36.3 Å². The van der Waals surface area contributed by atoms with Crippen molar-refractivity contribution < 1.29 is 37.6 Å². The van der Waals surface area contributed by atoms with Crippen molar-refractivity contribution in [3.8, 4) is 39.2 Å². The minimum absolute atomic E-state index is 0.00161. The van der Waals surface area contributed by atoms with Crippen LogP contribution < -0.4 is 34.9 Å². The molecular formula is C48H43FN4O9S6. The Morgan fingerprint density at radius 2 is 1.62 bits per heavy atom. The zero-order chi connectivity index (χ0) is 47.8. The molecule has 0 aliphatic carbocycles. The molecule has 0 saturated carbocycles. The molecule has 0 spiro atoms. The molecule has 0 N–H and O–H groups in total. The van der Waals surface area contributed by atoms with Gasteiger partial charge in [0.15, 0.2) is 50.0 Å². The number of carbonyl (C=O) groups excluding carboxylic acids is 1. The highest BCUT2D eigenvalue weighted by atomic mass is 32.1. The van der Waals surface area contributed by atoms with Gasteiger partial charge in [-0.25, -0.2) is 9.18 Å². The van der Waals surface area contributed by atoms with Crippen LogP contribution in [-0.4, -0.2) is 76.7 Å². The van der Waals surface area contributed by atoms with Gasteiger partial charge < -0.3 is 33.3 Å². The lowest BCUT2D eigenvalue weighted by Gasteiger charge is -2.51. The predicted molar refractivity (Wildman–Crippen MR) is 276 cm³/mol. The number of thiol groups is 5. The number of ether oxygens (including phenoxy) is 6. The number of aliphatic imine (C=N–C) groups is 1. The fraction of sp³-hybridized carbons (Fsp3) is 0.292. The molecule has 1 unspecified atom stereocenters. The number of thiophene rings is 1. The molecule has 13 nitrogen and oxygen atoms in total. The van der Waals surface area contributed by atoms with E-state index in [9.17, 15) is 18.8 Å². The topological polar surface area (TPSA) is 132 Å². The zero-order valence-corrected chi connectivity index (χ0v) is 41.9. The molecule has 6 aromatic rings. The molecule has 0 radical (unpaired) electrons. The van der Waals surface area contributed by atoms with E-state index in [-0.39, 0.29) is 43.2 Å². The van der Waals surface area contributed by atoms with Gasteiger partial charge in [0.05, 0.1) is 43.5 Å². The molecule has 4 aromatic carbocycles. The Labute approximate surface area is 420 Å². The van der Waals surface area contributed by atoms with Crippen molar-refractivity contribution in [3.63, 3.8) is 0 Å². The van der Waals surface area contributed by atoms with Gasteiger partial charge >= 0.3 is 5.69 Å². The maximum atomic E-state index is 14.9. The normalized spacial score (nSPS) is 21.0. The summed E-state index contributed by atoms with van der Waals surface area (Å²) in [5.41, 5.74) is 2.94. The van der Waals surface area contributed by atoms with E-state index in [1.165, 1.54) is 39.7 Å². The van der Waals surface area contributed by atoms with Crippen LogP contribution in [0.25, 0.3) is 20.7 Å². The number of piperidine rings is 1. The summed E-state index contributed by atoms with van der Waals surface area (Å²) in [5.74, 6) is 1.47. The Morgan fingerprint density at radius 1 is 0.897 bits per heavy atom. The predicted octanol–water partition coefficient (Wildman–Crippen LogP) is 8.62. The average Bonchev–Trinajstić information content (AvgIpc) is 4.02. The van der Waals surface area contributed by atoms with E-state index < -0.39 is 38.2 Å². The molecule has 3 atom stereocenters. The fourth-order valence-electron chi connectivity index (χ4n) is 9.25. The molecule has 6 heterocycles. The second-order valence-electron chi connectivity index (χ2n) is 16.5. The van der Waals surface area contributed by atoms with E-state index in [4.69, 9.17) is 83.9 Å². The van der Waals surface area contributed by atoms with Crippen LogP contribution >= 0.6 is 74.5 Å². The average molecular weight is 1030 g/mol. The number of aromatic nitrogens is 2. The first-order valence-electron chi connectivity index (χ1n) is 21.5. The van der Waals surface area contributed by atoms with E-state index in [0.717, 1.165) is 10.4 Å². The number of nitrogens with zero attached hydrogens (tertiary/aromatic N) is 4. The van der Waals surface area contributed by atoms with Crippen molar-refractivity contribution in [1.29, 1.82) is 0 Å². The summed E-state index contributed by atoms with van der Waals surface area (Å²) < 4.78 is 50.8. The molecule has 4 aliphatic rings. The Hall–Kier alpha value is -5.12. The fourth-order valence-corrected chi connectivity index (χ4v) is 12.5.